The molecule has 102 valence electrons. The molecule has 2 aromatic heterocycles. The molecule has 1 aromatic carbocycles. The average molecular weight is 286 g/mol. The highest BCUT2D eigenvalue weighted by Gasteiger charge is 2.13. The second-order valence-electron chi connectivity index (χ2n) is 4.84. The van der Waals surface area contributed by atoms with E-state index in [4.69, 9.17) is 17.3 Å². The lowest BCUT2D eigenvalue weighted by Gasteiger charge is -2.07. The van der Waals surface area contributed by atoms with Gasteiger partial charge in [-0.2, -0.15) is 0 Å². The third-order valence-corrected chi connectivity index (χ3v) is 3.84. The highest BCUT2D eigenvalue weighted by Crippen LogP contribution is 2.28. The molecule has 2 N–H and O–H groups in total. The molecule has 0 aliphatic rings. The normalized spacial score (nSPS) is 11.2. The number of aromatic nitrogens is 2. The molecule has 0 spiro atoms. The van der Waals surface area contributed by atoms with Gasteiger partial charge in [0.2, 0.25) is 0 Å². The third-order valence-electron chi connectivity index (χ3n) is 3.41. The summed E-state index contributed by atoms with van der Waals surface area (Å²) in [4.78, 5) is 4.68. The van der Waals surface area contributed by atoms with Crippen molar-refractivity contribution in [3.8, 4) is 11.3 Å². The number of nitrogens with two attached hydrogens (primary N) is 1. The maximum Gasteiger partial charge on any atom is 0.137 e. The van der Waals surface area contributed by atoms with E-state index in [1.807, 2.05) is 43.5 Å². The lowest BCUT2D eigenvalue weighted by atomic mass is 10.1. The van der Waals surface area contributed by atoms with Crippen LogP contribution in [0.1, 0.15) is 11.3 Å². The average Bonchev–Trinajstić information content (AvgIpc) is 2.80. The van der Waals surface area contributed by atoms with Gasteiger partial charge in [-0.25, -0.2) is 4.98 Å². The van der Waals surface area contributed by atoms with Crippen molar-refractivity contribution >= 4 is 17.2 Å². The highest BCUT2D eigenvalue weighted by atomic mass is 35.5. The summed E-state index contributed by atoms with van der Waals surface area (Å²) in [6.45, 7) is 2.60. The quantitative estimate of drug-likeness (QED) is 0.801. The first kappa shape index (κ1) is 13.2. The lowest BCUT2D eigenvalue weighted by molar-refractivity contribution is 0.939. The van der Waals surface area contributed by atoms with Crippen molar-refractivity contribution < 1.29 is 0 Å². The first-order valence-corrected chi connectivity index (χ1v) is 7.01. The van der Waals surface area contributed by atoms with Crippen LogP contribution in [-0.2, 0) is 6.42 Å². The van der Waals surface area contributed by atoms with Crippen LogP contribution in [0.5, 0.6) is 0 Å². The molecule has 0 unspecified atom stereocenters. The van der Waals surface area contributed by atoms with Gasteiger partial charge < -0.3 is 5.73 Å². The van der Waals surface area contributed by atoms with Crippen molar-refractivity contribution in [3.05, 3.63) is 58.9 Å². The lowest BCUT2D eigenvalue weighted by Crippen LogP contribution is -2.04. The van der Waals surface area contributed by atoms with Crippen LogP contribution in [0.15, 0.2) is 42.6 Å². The highest BCUT2D eigenvalue weighted by molar-refractivity contribution is 6.31. The Kier molecular flexibility index (Phi) is 3.47. The molecular formula is C16H16ClN3. The Labute approximate surface area is 123 Å². The summed E-state index contributed by atoms with van der Waals surface area (Å²) in [5, 5.41) is 0.781. The van der Waals surface area contributed by atoms with E-state index in [-0.39, 0.29) is 0 Å². The largest absolute Gasteiger partial charge is 0.330 e. The van der Waals surface area contributed by atoms with E-state index in [1.165, 1.54) is 0 Å². The molecule has 0 saturated carbocycles. The number of hydrogen-bond donors (Lipinski definition) is 1. The number of benzene rings is 1. The second-order valence-corrected chi connectivity index (χ2v) is 5.25. The van der Waals surface area contributed by atoms with Crippen LogP contribution in [0.4, 0.5) is 0 Å². The molecule has 0 aliphatic heterocycles. The zero-order valence-corrected chi connectivity index (χ0v) is 12.1. The molecule has 0 radical (unpaired) electrons. The van der Waals surface area contributed by atoms with E-state index in [0.29, 0.717) is 6.54 Å². The van der Waals surface area contributed by atoms with E-state index in [1.54, 1.807) is 0 Å². The molecule has 3 nitrogen and oxygen atoms in total. The van der Waals surface area contributed by atoms with Crippen molar-refractivity contribution in [2.75, 3.05) is 6.54 Å². The third kappa shape index (κ3) is 2.19. The number of rotatable bonds is 3. The van der Waals surface area contributed by atoms with Gasteiger partial charge in [0.25, 0.3) is 0 Å². The van der Waals surface area contributed by atoms with Gasteiger partial charge >= 0.3 is 0 Å². The number of imidazole rings is 1. The minimum Gasteiger partial charge on any atom is -0.330 e. The van der Waals surface area contributed by atoms with Crippen molar-refractivity contribution in [1.29, 1.82) is 0 Å². The van der Waals surface area contributed by atoms with Gasteiger partial charge in [-0.1, -0.05) is 23.7 Å². The predicted octanol–water partition coefficient (Wildman–Crippen LogP) is 3.46. The van der Waals surface area contributed by atoms with Gasteiger partial charge in [0.05, 0.1) is 11.4 Å². The van der Waals surface area contributed by atoms with Crippen molar-refractivity contribution in [3.63, 3.8) is 0 Å². The topological polar surface area (TPSA) is 43.3 Å². The zero-order chi connectivity index (χ0) is 14.1. The fourth-order valence-corrected chi connectivity index (χ4v) is 2.57. The van der Waals surface area contributed by atoms with Crippen LogP contribution < -0.4 is 5.73 Å². The summed E-state index contributed by atoms with van der Waals surface area (Å²) >= 11 is 6.12. The van der Waals surface area contributed by atoms with Gasteiger partial charge in [-0.15, -0.1) is 0 Å². The molecule has 0 saturated heterocycles. The summed E-state index contributed by atoms with van der Waals surface area (Å²) < 4.78 is 2.10. The monoisotopic (exact) mass is 285 g/mol. The minimum atomic E-state index is 0.587. The summed E-state index contributed by atoms with van der Waals surface area (Å²) in [6, 6.07) is 12.1. The number of fused-ring (bicyclic) bond motifs is 1. The number of aryl methyl sites for hydroxylation is 1. The van der Waals surface area contributed by atoms with E-state index >= 15 is 0 Å². The van der Waals surface area contributed by atoms with Gasteiger partial charge in [0.15, 0.2) is 0 Å². The number of pyridine rings is 1. The summed E-state index contributed by atoms with van der Waals surface area (Å²) in [6.07, 6.45) is 2.79. The molecule has 3 rings (SSSR count). The number of nitrogens with zero attached hydrogens (tertiary/aromatic N) is 2. The fourth-order valence-electron chi connectivity index (χ4n) is 2.45. The van der Waals surface area contributed by atoms with Crippen LogP contribution in [0.3, 0.4) is 0 Å². The Bertz CT molecular complexity index is 762. The Morgan fingerprint density at radius 1 is 1.25 bits per heavy atom. The molecular weight excluding hydrogens is 270 g/mol. The van der Waals surface area contributed by atoms with Gasteiger partial charge in [0, 0.05) is 23.2 Å². The van der Waals surface area contributed by atoms with Crippen molar-refractivity contribution in [1.82, 2.24) is 9.38 Å². The standard InChI is InChI=1S/C16H16ClN3/c1-11-10-12(5-6-13(11)17)16-14(7-8-18)19-15-4-2-3-9-20(15)16/h2-6,9-10H,7-8,18H2,1H3. The second kappa shape index (κ2) is 5.27. The van der Waals surface area contributed by atoms with Crippen LogP contribution >= 0.6 is 11.6 Å². The maximum atomic E-state index is 6.12. The van der Waals surface area contributed by atoms with E-state index in [0.717, 1.165) is 39.6 Å². The first-order valence-electron chi connectivity index (χ1n) is 6.63. The van der Waals surface area contributed by atoms with E-state index in [9.17, 15) is 0 Å². The van der Waals surface area contributed by atoms with Gasteiger partial charge in [-0.05, 0) is 43.3 Å². The SMILES string of the molecule is Cc1cc(-c2c(CCN)nc3ccccn23)ccc1Cl. The molecule has 0 atom stereocenters. The molecule has 4 heteroatoms. The first-order chi connectivity index (χ1) is 9.70. The summed E-state index contributed by atoms with van der Waals surface area (Å²) in [5.41, 5.74) is 11.0. The van der Waals surface area contributed by atoms with Gasteiger partial charge in [-0.3, -0.25) is 4.40 Å². The molecule has 3 aromatic rings. The molecule has 0 bridgehead atoms. The minimum absolute atomic E-state index is 0.587. The van der Waals surface area contributed by atoms with Crippen molar-refractivity contribution in [2.45, 2.75) is 13.3 Å². The van der Waals surface area contributed by atoms with Gasteiger partial charge in [0.1, 0.15) is 5.65 Å². The maximum absolute atomic E-state index is 6.12. The molecule has 20 heavy (non-hydrogen) atoms. The fraction of sp³-hybridized carbons (Fsp3) is 0.188. The number of halogens is 1. The molecule has 2 heterocycles. The van der Waals surface area contributed by atoms with E-state index < -0.39 is 0 Å². The zero-order valence-electron chi connectivity index (χ0n) is 11.3. The molecule has 0 fully saturated rings. The Hall–Kier alpha value is -1.84. The summed E-state index contributed by atoms with van der Waals surface area (Å²) in [5.74, 6) is 0. The predicted molar refractivity (Wildman–Crippen MR) is 83.1 cm³/mol. The van der Waals surface area contributed by atoms with Crippen molar-refractivity contribution in [2.24, 2.45) is 5.73 Å². The Morgan fingerprint density at radius 3 is 2.85 bits per heavy atom. The molecule has 0 aliphatic carbocycles. The number of hydrogen-bond acceptors (Lipinski definition) is 2. The Balaban J connectivity index is 2.26. The Morgan fingerprint density at radius 2 is 2.10 bits per heavy atom. The van der Waals surface area contributed by atoms with E-state index in [2.05, 4.69) is 15.5 Å². The van der Waals surface area contributed by atoms with Crippen LogP contribution in [0, 0.1) is 6.92 Å². The smallest absolute Gasteiger partial charge is 0.137 e. The van der Waals surface area contributed by atoms with Crippen LogP contribution in [-0.4, -0.2) is 15.9 Å². The van der Waals surface area contributed by atoms with Crippen LogP contribution in [0.2, 0.25) is 5.02 Å². The summed E-state index contributed by atoms with van der Waals surface area (Å²) in [7, 11) is 0. The molecule has 0 amide bonds. The van der Waals surface area contributed by atoms with Crippen LogP contribution in [0.25, 0.3) is 16.9 Å².